The van der Waals surface area contributed by atoms with Gasteiger partial charge in [0.2, 0.25) is 0 Å². The van der Waals surface area contributed by atoms with Gasteiger partial charge in [0.25, 0.3) is 0 Å². The summed E-state index contributed by atoms with van der Waals surface area (Å²) in [5.74, 6) is 0.844. The molecule has 5 nitrogen and oxygen atoms in total. The summed E-state index contributed by atoms with van der Waals surface area (Å²) in [6.07, 6.45) is 7.78. The number of anilines is 1. The Bertz CT molecular complexity index is 766. The number of hydrogen-bond acceptors (Lipinski definition) is 5. The lowest BCUT2D eigenvalue weighted by Gasteiger charge is -2.61. The fraction of sp³-hybridized carbons (Fsp3) is 0.600. The van der Waals surface area contributed by atoms with Crippen LogP contribution in [0.25, 0.3) is 12.2 Å². The molecule has 2 aliphatic heterocycles. The third-order valence-electron chi connectivity index (χ3n) is 5.45. The lowest BCUT2D eigenvalue weighted by atomic mass is 9.72. The minimum atomic E-state index is 0.536. The molecular weight excluding hydrogens is 310 g/mol. The highest BCUT2D eigenvalue weighted by Gasteiger charge is 2.51. The van der Waals surface area contributed by atoms with Crippen molar-refractivity contribution in [2.45, 2.75) is 34.1 Å². The van der Waals surface area contributed by atoms with Crippen LogP contribution in [0.5, 0.6) is 0 Å². The Hall–Kier alpha value is -1.88. The van der Waals surface area contributed by atoms with Crippen molar-refractivity contribution in [1.82, 2.24) is 20.0 Å². The lowest BCUT2D eigenvalue weighted by Crippen LogP contribution is -2.71. The summed E-state index contributed by atoms with van der Waals surface area (Å²) in [5, 5.41) is 14.1. The van der Waals surface area contributed by atoms with Crippen LogP contribution in [-0.4, -0.2) is 59.8 Å². The quantitative estimate of drug-likeness (QED) is 0.876. The van der Waals surface area contributed by atoms with Crippen LogP contribution in [-0.2, 0) is 0 Å². The van der Waals surface area contributed by atoms with E-state index in [-0.39, 0.29) is 0 Å². The Balaban J connectivity index is 1.91. The second-order valence-electron chi connectivity index (χ2n) is 7.34. The van der Waals surface area contributed by atoms with E-state index in [1.54, 1.807) is 0 Å². The Morgan fingerprint density at radius 3 is 2.44 bits per heavy atom. The van der Waals surface area contributed by atoms with Crippen LogP contribution in [0.1, 0.15) is 32.9 Å². The molecule has 1 spiro atoms. The van der Waals surface area contributed by atoms with Gasteiger partial charge in [-0.2, -0.15) is 5.10 Å². The van der Waals surface area contributed by atoms with Gasteiger partial charge in [0.15, 0.2) is 5.82 Å². The third kappa shape index (κ3) is 3.30. The van der Waals surface area contributed by atoms with Crippen molar-refractivity contribution in [2.75, 3.05) is 45.1 Å². The molecule has 0 unspecified atom stereocenters. The second-order valence-corrected chi connectivity index (χ2v) is 7.34. The summed E-state index contributed by atoms with van der Waals surface area (Å²) in [7, 11) is 1.91. The van der Waals surface area contributed by atoms with Crippen molar-refractivity contribution < 1.29 is 0 Å². The van der Waals surface area contributed by atoms with Crippen LogP contribution in [0.3, 0.4) is 0 Å². The Kier molecular flexibility index (Phi) is 5.13. The molecule has 5 heteroatoms. The number of likely N-dealkylation sites (tertiary alicyclic amines) is 2. The summed E-state index contributed by atoms with van der Waals surface area (Å²) in [4.78, 5) is 5.05. The van der Waals surface area contributed by atoms with Crippen molar-refractivity contribution in [1.29, 1.82) is 0 Å². The van der Waals surface area contributed by atoms with Crippen molar-refractivity contribution in [3.63, 3.8) is 0 Å². The Morgan fingerprint density at radius 2 is 1.88 bits per heavy atom. The first-order chi connectivity index (χ1) is 12.1. The first-order valence-electron chi connectivity index (χ1n) is 9.42. The molecule has 0 saturated carbocycles. The van der Waals surface area contributed by atoms with Crippen LogP contribution in [0.2, 0.25) is 0 Å². The average Bonchev–Trinajstić information content (AvgIpc) is 2.53. The lowest BCUT2D eigenvalue weighted by molar-refractivity contribution is -0.0958. The summed E-state index contributed by atoms with van der Waals surface area (Å²) in [6, 6.07) is 0. The fourth-order valence-electron chi connectivity index (χ4n) is 4.16. The molecule has 2 fully saturated rings. The van der Waals surface area contributed by atoms with E-state index in [0.29, 0.717) is 5.41 Å². The number of rotatable bonds is 5. The SMILES string of the molecule is C/C=c1/c(C)nnc(NC)/c1=C/C(=C/CC)N1CC2(CN(CC)C2)C1. The summed E-state index contributed by atoms with van der Waals surface area (Å²) < 4.78 is 0. The van der Waals surface area contributed by atoms with Gasteiger partial charge in [-0.05, 0) is 32.9 Å². The molecule has 1 aromatic rings. The highest BCUT2D eigenvalue weighted by atomic mass is 15.3. The molecule has 0 aromatic carbocycles. The van der Waals surface area contributed by atoms with Crippen molar-refractivity contribution in [3.8, 4) is 0 Å². The first-order valence-corrected chi connectivity index (χ1v) is 9.42. The number of nitrogens with zero attached hydrogens (tertiary/aromatic N) is 4. The fourth-order valence-corrected chi connectivity index (χ4v) is 4.16. The van der Waals surface area contributed by atoms with E-state index in [9.17, 15) is 0 Å². The van der Waals surface area contributed by atoms with E-state index in [4.69, 9.17) is 0 Å². The molecule has 2 aliphatic rings. The maximum Gasteiger partial charge on any atom is 0.156 e. The van der Waals surface area contributed by atoms with Gasteiger partial charge < -0.3 is 15.1 Å². The number of allylic oxidation sites excluding steroid dienone is 2. The smallest absolute Gasteiger partial charge is 0.156 e. The molecular formula is C20H31N5. The molecule has 3 rings (SSSR count). The van der Waals surface area contributed by atoms with E-state index in [1.165, 1.54) is 38.4 Å². The Morgan fingerprint density at radius 1 is 1.16 bits per heavy atom. The van der Waals surface area contributed by atoms with E-state index in [2.05, 4.69) is 64.3 Å². The molecule has 2 saturated heterocycles. The molecule has 0 aliphatic carbocycles. The highest BCUT2D eigenvalue weighted by Crippen LogP contribution is 2.41. The monoisotopic (exact) mass is 341 g/mol. The zero-order valence-corrected chi connectivity index (χ0v) is 16.3. The molecule has 3 heterocycles. The van der Waals surface area contributed by atoms with E-state index < -0.39 is 0 Å². The van der Waals surface area contributed by atoms with Crippen LogP contribution in [0.15, 0.2) is 11.8 Å². The zero-order valence-electron chi connectivity index (χ0n) is 16.3. The van der Waals surface area contributed by atoms with E-state index >= 15 is 0 Å². The van der Waals surface area contributed by atoms with Gasteiger partial charge in [0.1, 0.15) is 0 Å². The standard InChI is InChI=1S/C20H31N5/c1-6-9-16(25-13-20(14-25)11-24(8-3)12-20)10-18-17(7-2)15(4)22-23-19(18)21-5/h7,9-10H,6,8,11-14H2,1-5H3,(H,21,23)/b16-9-,17-7-,18-10+. The van der Waals surface area contributed by atoms with Gasteiger partial charge in [-0.15, -0.1) is 5.10 Å². The van der Waals surface area contributed by atoms with Gasteiger partial charge in [0, 0.05) is 54.8 Å². The Labute approximate surface area is 151 Å². The summed E-state index contributed by atoms with van der Waals surface area (Å²) >= 11 is 0. The molecule has 0 atom stereocenters. The number of aryl methyl sites for hydroxylation is 1. The topological polar surface area (TPSA) is 44.3 Å². The molecule has 136 valence electrons. The largest absolute Gasteiger partial charge is 0.371 e. The van der Waals surface area contributed by atoms with Crippen LogP contribution in [0, 0.1) is 12.3 Å². The number of nitrogens with one attached hydrogen (secondary N) is 1. The second kappa shape index (κ2) is 7.16. The van der Waals surface area contributed by atoms with Gasteiger partial charge in [-0.1, -0.05) is 26.0 Å². The predicted octanol–water partition coefficient (Wildman–Crippen LogP) is 1.34. The van der Waals surface area contributed by atoms with Gasteiger partial charge in [-0.3, -0.25) is 0 Å². The van der Waals surface area contributed by atoms with E-state index in [1.807, 2.05) is 14.0 Å². The molecule has 1 aromatic heterocycles. The minimum Gasteiger partial charge on any atom is -0.371 e. The van der Waals surface area contributed by atoms with Crippen molar-refractivity contribution >= 4 is 18.0 Å². The number of aromatic nitrogens is 2. The molecule has 0 bridgehead atoms. The summed E-state index contributed by atoms with van der Waals surface area (Å²) in [5.41, 5.74) is 2.82. The van der Waals surface area contributed by atoms with Crippen LogP contribution >= 0.6 is 0 Å². The average molecular weight is 342 g/mol. The number of hydrogen-bond donors (Lipinski definition) is 1. The maximum absolute atomic E-state index is 4.33. The maximum atomic E-state index is 4.33. The van der Waals surface area contributed by atoms with E-state index in [0.717, 1.165) is 28.4 Å². The normalized spacial score (nSPS) is 21.5. The minimum absolute atomic E-state index is 0.536. The molecule has 25 heavy (non-hydrogen) atoms. The van der Waals surface area contributed by atoms with Gasteiger partial charge in [0.05, 0.1) is 5.69 Å². The summed E-state index contributed by atoms with van der Waals surface area (Å²) in [6.45, 7) is 14.6. The molecule has 0 amide bonds. The third-order valence-corrected chi connectivity index (χ3v) is 5.45. The first kappa shape index (κ1) is 17.9. The van der Waals surface area contributed by atoms with Gasteiger partial charge >= 0.3 is 0 Å². The molecule has 1 N–H and O–H groups in total. The highest BCUT2D eigenvalue weighted by molar-refractivity contribution is 5.54. The predicted molar refractivity (Wildman–Crippen MR) is 105 cm³/mol. The molecule has 0 radical (unpaired) electrons. The van der Waals surface area contributed by atoms with Crippen molar-refractivity contribution in [3.05, 3.63) is 27.9 Å². The van der Waals surface area contributed by atoms with Crippen molar-refractivity contribution in [2.24, 2.45) is 5.41 Å². The van der Waals surface area contributed by atoms with Crippen LogP contribution < -0.4 is 15.8 Å². The zero-order chi connectivity index (χ0) is 18.0. The van der Waals surface area contributed by atoms with Crippen LogP contribution in [0.4, 0.5) is 5.82 Å². The van der Waals surface area contributed by atoms with Gasteiger partial charge in [-0.25, -0.2) is 0 Å².